The minimum Gasteiger partial charge on any atom is -0.240 e. The molecule has 3 nitrogen and oxygen atoms in total. The Bertz CT molecular complexity index is 641. The van der Waals surface area contributed by atoms with Gasteiger partial charge in [-0.1, -0.05) is 28.1 Å². The lowest BCUT2D eigenvalue weighted by atomic mass is 10.1. The van der Waals surface area contributed by atoms with Gasteiger partial charge in [0.15, 0.2) is 0 Å². The smallest absolute Gasteiger partial charge is 0.149 e. The average Bonchev–Trinajstić information content (AvgIpc) is 3.20. The Kier molecular flexibility index (Phi) is 2.64. The van der Waals surface area contributed by atoms with E-state index in [1.54, 1.807) is 6.20 Å². The van der Waals surface area contributed by atoms with E-state index in [1.807, 2.05) is 30.3 Å². The van der Waals surface area contributed by atoms with Crippen molar-refractivity contribution in [1.82, 2.24) is 9.97 Å². The van der Waals surface area contributed by atoms with Crippen LogP contribution in [0.4, 0.5) is 0 Å². The monoisotopic (exact) mass is 299 g/mol. The highest BCUT2D eigenvalue weighted by Gasteiger charge is 2.47. The summed E-state index contributed by atoms with van der Waals surface area (Å²) in [6.45, 7) is 0. The predicted octanol–water partition coefficient (Wildman–Crippen LogP) is 3.46. The molecular formula is C14H10BrN3. The zero-order valence-corrected chi connectivity index (χ0v) is 11.2. The van der Waals surface area contributed by atoms with Gasteiger partial charge >= 0.3 is 0 Å². The largest absolute Gasteiger partial charge is 0.240 e. The van der Waals surface area contributed by atoms with Crippen LogP contribution in [-0.4, -0.2) is 9.97 Å². The van der Waals surface area contributed by atoms with Gasteiger partial charge < -0.3 is 0 Å². The highest BCUT2D eigenvalue weighted by atomic mass is 79.9. The van der Waals surface area contributed by atoms with Crippen molar-refractivity contribution in [3.05, 3.63) is 46.8 Å². The standard InChI is InChI=1S/C14H10BrN3/c15-11-3-1-2-10(8-11)12-4-7-17-13(18-12)14(9-16)5-6-14/h1-4,7-8H,5-6H2. The van der Waals surface area contributed by atoms with Crippen molar-refractivity contribution < 1.29 is 0 Å². The normalized spacial score (nSPS) is 16.0. The molecule has 0 spiro atoms. The molecule has 88 valence electrons. The summed E-state index contributed by atoms with van der Waals surface area (Å²) in [7, 11) is 0. The number of halogens is 1. The second kappa shape index (κ2) is 4.18. The van der Waals surface area contributed by atoms with Crippen LogP contribution in [-0.2, 0) is 5.41 Å². The molecule has 0 radical (unpaired) electrons. The summed E-state index contributed by atoms with van der Waals surface area (Å²) in [5.41, 5.74) is 1.46. The van der Waals surface area contributed by atoms with E-state index in [1.165, 1.54) is 0 Å². The molecule has 3 rings (SSSR count). The number of benzene rings is 1. The van der Waals surface area contributed by atoms with Gasteiger partial charge in [-0.25, -0.2) is 9.97 Å². The van der Waals surface area contributed by atoms with Gasteiger partial charge in [-0.15, -0.1) is 0 Å². The van der Waals surface area contributed by atoms with Gasteiger partial charge in [0.2, 0.25) is 0 Å². The minimum absolute atomic E-state index is 0.429. The Morgan fingerprint density at radius 1 is 1.28 bits per heavy atom. The summed E-state index contributed by atoms with van der Waals surface area (Å²) in [5.74, 6) is 0.655. The maximum absolute atomic E-state index is 9.18. The van der Waals surface area contributed by atoms with Crippen LogP contribution in [0.1, 0.15) is 18.7 Å². The molecule has 1 aromatic heterocycles. The SMILES string of the molecule is N#CC1(c2nccc(-c3cccc(Br)c3)n2)CC1. The molecule has 0 bridgehead atoms. The topological polar surface area (TPSA) is 49.6 Å². The third kappa shape index (κ3) is 1.91. The molecule has 1 aromatic carbocycles. The van der Waals surface area contributed by atoms with Gasteiger partial charge in [0, 0.05) is 16.2 Å². The first kappa shape index (κ1) is 11.4. The molecule has 18 heavy (non-hydrogen) atoms. The number of hydrogen-bond donors (Lipinski definition) is 0. The first-order valence-electron chi connectivity index (χ1n) is 5.74. The number of hydrogen-bond acceptors (Lipinski definition) is 3. The lowest BCUT2D eigenvalue weighted by molar-refractivity contribution is 0.799. The van der Waals surface area contributed by atoms with Crippen molar-refractivity contribution in [2.45, 2.75) is 18.3 Å². The lowest BCUT2D eigenvalue weighted by Crippen LogP contribution is -2.09. The van der Waals surface area contributed by atoms with Crippen LogP contribution < -0.4 is 0 Å². The number of nitrogens with zero attached hydrogens (tertiary/aromatic N) is 3. The van der Waals surface area contributed by atoms with Crippen molar-refractivity contribution >= 4 is 15.9 Å². The predicted molar refractivity (Wildman–Crippen MR) is 71.7 cm³/mol. The van der Waals surface area contributed by atoms with Gasteiger partial charge in [0.25, 0.3) is 0 Å². The van der Waals surface area contributed by atoms with Crippen LogP contribution in [0.15, 0.2) is 41.0 Å². The molecule has 0 unspecified atom stereocenters. The van der Waals surface area contributed by atoms with Crippen molar-refractivity contribution in [3.8, 4) is 17.3 Å². The van der Waals surface area contributed by atoms with Gasteiger partial charge in [-0.3, -0.25) is 0 Å². The summed E-state index contributed by atoms with van der Waals surface area (Å²) >= 11 is 3.45. The quantitative estimate of drug-likeness (QED) is 0.853. The Morgan fingerprint density at radius 3 is 2.78 bits per heavy atom. The zero-order chi connectivity index (χ0) is 12.6. The van der Waals surface area contributed by atoms with Crippen LogP contribution in [0.3, 0.4) is 0 Å². The Balaban J connectivity index is 2.05. The van der Waals surface area contributed by atoms with E-state index in [4.69, 9.17) is 0 Å². The van der Waals surface area contributed by atoms with E-state index in [2.05, 4.69) is 32.0 Å². The van der Waals surface area contributed by atoms with E-state index >= 15 is 0 Å². The molecule has 0 aliphatic heterocycles. The van der Waals surface area contributed by atoms with Crippen molar-refractivity contribution in [2.24, 2.45) is 0 Å². The van der Waals surface area contributed by atoms with Crippen molar-refractivity contribution in [2.75, 3.05) is 0 Å². The van der Waals surface area contributed by atoms with Crippen LogP contribution in [0.5, 0.6) is 0 Å². The van der Waals surface area contributed by atoms with E-state index in [0.717, 1.165) is 28.6 Å². The zero-order valence-electron chi connectivity index (χ0n) is 9.60. The van der Waals surface area contributed by atoms with E-state index in [0.29, 0.717) is 5.82 Å². The summed E-state index contributed by atoms with van der Waals surface area (Å²) in [5, 5.41) is 9.18. The van der Waals surface area contributed by atoms with Crippen LogP contribution >= 0.6 is 15.9 Å². The third-order valence-corrected chi connectivity index (χ3v) is 3.66. The van der Waals surface area contributed by atoms with E-state index in [-0.39, 0.29) is 0 Å². The Labute approximate surface area is 114 Å². The number of aromatic nitrogens is 2. The third-order valence-electron chi connectivity index (χ3n) is 3.17. The second-order valence-corrected chi connectivity index (χ2v) is 5.39. The van der Waals surface area contributed by atoms with E-state index in [9.17, 15) is 5.26 Å². The Morgan fingerprint density at radius 2 is 2.11 bits per heavy atom. The van der Waals surface area contributed by atoms with Gasteiger partial charge in [0.1, 0.15) is 11.2 Å². The van der Waals surface area contributed by atoms with Crippen molar-refractivity contribution in [1.29, 1.82) is 5.26 Å². The summed E-state index contributed by atoms with van der Waals surface area (Å²) < 4.78 is 1.02. The van der Waals surface area contributed by atoms with Gasteiger partial charge in [-0.2, -0.15) is 5.26 Å². The first-order chi connectivity index (χ1) is 8.73. The molecule has 2 aromatic rings. The maximum atomic E-state index is 9.18. The number of nitriles is 1. The van der Waals surface area contributed by atoms with Crippen molar-refractivity contribution in [3.63, 3.8) is 0 Å². The number of rotatable bonds is 2. The van der Waals surface area contributed by atoms with Gasteiger partial charge in [0.05, 0.1) is 11.8 Å². The molecule has 1 aliphatic rings. The second-order valence-electron chi connectivity index (χ2n) is 4.47. The molecule has 0 N–H and O–H groups in total. The molecule has 4 heteroatoms. The highest BCUT2D eigenvalue weighted by Crippen LogP contribution is 2.46. The Hall–Kier alpha value is -1.73. The maximum Gasteiger partial charge on any atom is 0.149 e. The summed E-state index contributed by atoms with van der Waals surface area (Å²) in [6.07, 6.45) is 3.47. The van der Waals surface area contributed by atoms with Crippen LogP contribution in [0.2, 0.25) is 0 Å². The molecule has 1 fully saturated rings. The molecular weight excluding hydrogens is 290 g/mol. The molecule has 0 atom stereocenters. The van der Waals surface area contributed by atoms with Gasteiger partial charge in [-0.05, 0) is 31.0 Å². The highest BCUT2D eigenvalue weighted by molar-refractivity contribution is 9.10. The average molecular weight is 300 g/mol. The fraction of sp³-hybridized carbons (Fsp3) is 0.214. The molecule has 1 heterocycles. The van der Waals surface area contributed by atoms with Crippen LogP contribution in [0.25, 0.3) is 11.3 Å². The fourth-order valence-corrected chi connectivity index (χ4v) is 2.31. The fourth-order valence-electron chi connectivity index (χ4n) is 1.91. The molecule has 0 saturated heterocycles. The molecule has 1 saturated carbocycles. The van der Waals surface area contributed by atoms with E-state index < -0.39 is 5.41 Å². The molecule has 1 aliphatic carbocycles. The summed E-state index contributed by atoms with van der Waals surface area (Å²) in [4.78, 5) is 8.78. The summed E-state index contributed by atoms with van der Waals surface area (Å²) in [6, 6.07) is 12.2. The molecule has 0 amide bonds. The first-order valence-corrected chi connectivity index (χ1v) is 6.54. The van der Waals surface area contributed by atoms with Crippen LogP contribution in [0, 0.1) is 11.3 Å². The minimum atomic E-state index is -0.429. The lowest BCUT2D eigenvalue weighted by Gasteiger charge is -2.07.